The van der Waals surface area contributed by atoms with Crippen LogP contribution in [0.25, 0.3) is 0 Å². The molecule has 2 rings (SSSR count). The van der Waals surface area contributed by atoms with Gasteiger partial charge in [-0.15, -0.1) is 0 Å². The van der Waals surface area contributed by atoms with Gasteiger partial charge in [-0.2, -0.15) is 0 Å². The summed E-state index contributed by atoms with van der Waals surface area (Å²) in [5.74, 6) is -0.282. The fourth-order valence-corrected chi connectivity index (χ4v) is 2.35. The van der Waals surface area contributed by atoms with Crippen LogP contribution >= 0.6 is 0 Å². The molecule has 10 heteroatoms. The summed E-state index contributed by atoms with van der Waals surface area (Å²) < 4.78 is 10.9. The molecule has 1 aliphatic heterocycles. The maximum Gasteiger partial charge on any atom is 0.269 e. The molecule has 0 aromatic heterocycles. The van der Waals surface area contributed by atoms with Crippen molar-refractivity contribution < 1.29 is 34.5 Å². The molecule has 0 unspecified atom stereocenters. The van der Waals surface area contributed by atoms with Crippen molar-refractivity contribution in [3.05, 3.63) is 34.4 Å². The highest BCUT2D eigenvalue weighted by molar-refractivity contribution is 5.73. The van der Waals surface area contributed by atoms with Crippen LogP contribution in [0, 0.1) is 10.1 Å². The largest absolute Gasteiger partial charge is 0.463 e. The van der Waals surface area contributed by atoms with E-state index < -0.39 is 48.1 Å². The van der Waals surface area contributed by atoms with Crippen LogP contribution in [0.5, 0.6) is 5.75 Å². The first kappa shape index (κ1) is 18.1. The molecular weight excluding hydrogens is 324 g/mol. The highest BCUT2D eigenvalue weighted by Crippen LogP contribution is 2.25. The summed E-state index contributed by atoms with van der Waals surface area (Å²) in [6.07, 6.45) is -5.15. The lowest BCUT2D eigenvalue weighted by atomic mass is 9.97. The number of ether oxygens (including phenoxy) is 2. The van der Waals surface area contributed by atoms with E-state index in [1.54, 1.807) is 0 Å². The number of nitro groups is 1. The van der Waals surface area contributed by atoms with Crippen molar-refractivity contribution in [3.8, 4) is 5.75 Å². The number of nitrogens with zero attached hydrogens (tertiary/aromatic N) is 1. The van der Waals surface area contributed by atoms with E-state index in [0.29, 0.717) is 0 Å². The average Bonchev–Trinajstić information content (AvgIpc) is 2.54. The highest BCUT2D eigenvalue weighted by Gasteiger charge is 2.46. The van der Waals surface area contributed by atoms with Crippen molar-refractivity contribution >= 4 is 11.6 Å². The molecule has 1 amide bonds. The van der Waals surface area contributed by atoms with Crippen LogP contribution in [0.4, 0.5) is 5.69 Å². The molecule has 24 heavy (non-hydrogen) atoms. The Balaban J connectivity index is 2.19. The Bertz CT molecular complexity index is 593. The summed E-state index contributed by atoms with van der Waals surface area (Å²) >= 11 is 0. The zero-order valence-corrected chi connectivity index (χ0v) is 12.7. The highest BCUT2D eigenvalue weighted by atomic mass is 16.7. The minimum absolute atomic E-state index is 0.131. The molecule has 1 saturated heterocycles. The molecule has 0 spiro atoms. The number of carbonyl (C=O) groups excluding carboxylic acids is 1. The predicted molar refractivity (Wildman–Crippen MR) is 79.1 cm³/mol. The molecular formula is C14H18N2O8. The van der Waals surface area contributed by atoms with Gasteiger partial charge in [0.15, 0.2) is 0 Å². The monoisotopic (exact) mass is 342 g/mol. The standard InChI is InChI=1S/C14H18N2O8/c1-7(18)15-11-13(20)12(19)10(6-17)24-14(11)23-9-4-2-8(3-5-9)16(21)22/h2-5,10-14,17,19-20H,6H2,1H3,(H,15,18)/t10-,11-,12+,13+,14+/m1/s1. The maximum atomic E-state index is 11.3. The second kappa shape index (κ2) is 7.53. The number of rotatable bonds is 5. The predicted octanol–water partition coefficient (Wildman–Crippen LogP) is -1.08. The molecule has 1 aromatic rings. The third kappa shape index (κ3) is 3.97. The molecule has 5 atom stereocenters. The van der Waals surface area contributed by atoms with E-state index in [2.05, 4.69) is 5.32 Å². The molecule has 0 saturated carbocycles. The third-order valence-electron chi connectivity index (χ3n) is 3.55. The molecule has 0 radical (unpaired) electrons. The average molecular weight is 342 g/mol. The molecule has 1 aliphatic rings. The number of benzene rings is 1. The number of nitrogens with one attached hydrogen (secondary N) is 1. The molecule has 1 aromatic carbocycles. The second-order valence-electron chi connectivity index (χ2n) is 5.30. The number of hydrogen-bond acceptors (Lipinski definition) is 8. The summed E-state index contributed by atoms with van der Waals surface area (Å²) in [5, 5.41) is 42.3. The van der Waals surface area contributed by atoms with Gasteiger partial charge in [0.05, 0.1) is 11.5 Å². The van der Waals surface area contributed by atoms with Gasteiger partial charge in [-0.1, -0.05) is 0 Å². The van der Waals surface area contributed by atoms with E-state index in [1.165, 1.54) is 31.2 Å². The van der Waals surface area contributed by atoms with Gasteiger partial charge >= 0.3 is 0 Å². The van der Waals surface area contributed by atoms with Crippen molar-refractivity contribution in [2.24, 2.45) is 0 Å². The fourth-order valence-electron chi connectivity index (χ4n) is 2.35. The Morgan fingerprint density at radius 3 is 2.46 bits per heavy atom. The maximum absolute atomic E-state index is 11.3. The first-order chi connectivity index (χ1) is 11.3. The lowest BCUT2D eigenvalue weighted by Crippen LogP contribution is -2.65. The summed E-state index contributed by atoms with van der Waals surface area (Å²) in [6, 6.07) is 4.02. The van der Waals surface area contributed by atoms with E-state index in [0.717, 1.165) is 0 Å². The van der Waals surface area contributed by atoms with Crippen LogP contribution in [-0.4, -0.2) is 63.4 Å². The number of non-ortho nitro benzene ring substituents is 1. The van der Waals surface area contributed by atoms with Gasteiger partial charge < -0.3 is 30.1 Å². The van der Waals surface area contributed by atoms with Crippen molar-refractivity contribution in [1.82, 2.24) is 5.32 Å². The van der Waals surface area contributed by atoms with Gasteiger partial charge in [-0.25, -0.2) is 0 Å². The van der Waals surface area contributed by atoms with E-state index >= 15 is 0 Å². The van der Waals surface area contributed by atoms with Crippen molar-refractivity contribution in [3.63, 3.8) is 0 Å². The van der Waals surface area contributed by atoms with E-state index in [4.69, 9.17) is 9.47 Å². The van der Waals surface area contributed by atoms with Crippen LogP contribution in [-0.2, 0) is 9.53 Å². The number of amides is 1. The summed E-state index contributed by atoms with van der Waals surface area (Å²) in [4.78, 5) is 21.4. The first-order valence-corrected chi connectivity index (χ1v) is 7.14. The Kier molecular flexibility index (Phi) is 5.67. The molecule has 1 heterocycles. The Morgan fingerprint density at radius 2 is 1.96 bits per heavy atom. The molecule has 0 bridgehead atoms. The number of nitro benzene ring substituents is 1. The fraction of sp³-hybridized carbons (Fsp3) is 0.500. The van der Waals surface area contributed by atoms with Crippen LogP contribution in [0.2, 0.25) is 0 Å². The number of carbonyl (C=O) groups is 1. The zero-order chi connectivity index (χ0) is 17.9. The van der Waals surface area contributed by atoms with E-state index in [1.807, 2.05) is 0 Å². The third-order valence-corrected chi connectivity index (χ3v) is 3.55. The van der Waals surface area contributed by atoms with Gasteiger partial charge in [0.1, 0.15) is 30.1 Å². The topological polar surface area (TPSA) is 151 Å². The van der Waals surface area contributed by atoms with Crippen LogP contribution in [0.3, 0.4) is 0 Å². The second-order valence-corrected chi connectivity index (χ2v) is 5.30. The molecule has 0 aliphatic carbocycles. The van der Waals surface area contributed by atoms with E-state index in [9.17, 15) is 30.2 Å². The first-order valence-electron chi connectivity index (χ1n) is 7.14. The number of hydrogen-bond donors (Lipinski definition) is 4. The smallest absolute Gasteiger partial charge is 0.269 e. The van der Waals surface area contributed by atoms with Crippen molar-refractivity contribution in [2.75, 3.05) is 6.61 Å². The van der Waals surface area contributed by atoms with Gasteiger partial charge in [-0.05, 0) is 12.1 Å². The number of aliphatic hydroxyl groups excluding tert-OH is 3. The lowest BCUT2D eigenvalue weighted by Gasteiger charge is -2.42. The van der Waals surface area contributed by atoms with Crippen LogP contribution < -0.4 is 10.1 Å². The molecule has 132 valence electrons. The quantitative estimate of drug-likeness (QED) is 0.389. The van der Waals surface area contributed by atoms with Crippen molar-refractivity contribution in [1.29, 1.82) is 0 Å². The summed E-state index contributed by atoms with van der Waals surface area (Å²) in [6.45, 7) is 0.658. The minimum atomic E-state index is -1.43. The summed E-state index contributed by atoms with van der Waals surface area (Å²) in [7, 11) is 0. The molecule has 4 N–H and O–H groups in total. The van der Waals surface area contributed by atoms with Gasteiger partial charge in [0.25, 0.3) is 5.69 Å². The molecule has 10 nitrogen and oxygen atoms in total. The lowest BCUT2D eigenvalue weighted by molar-refractivity contribution is -0.384. The normalized spacial score (nSPS) is 29.8. The number of aliphatic hydroxyl groups is 3. The minimum Gasteiger partial charge on any atom is -0.463 e. The van der Waals surface area contributed by atoms with Crippen LogP contribution in [0.15, 0.2) is 24.3 Å². The van der Waals surface area contributed by atoms with Gasteiger partial charge in [-0.3, -0.25) is 14.9 Å². The Hall–Kier alpha value is -2.27. The SMILES string of the molecule is CC(=O)N[C@H]1[C@@H](Oc2ccc([N+](=O)[O-])cc2)O[C@H](CO)[C@H](O)[C@H]1O. The van der Waals surface area contributed by atoms with Gasteiger partial charge in [0.2, 0.25) is 12.2 Å². The Labute approximate surface area is 136 Å². The van der Waals surface area contributed by atoms with Crippen molar-refractivity contribution in [2.45, 2.75) is 37.6 Å². The Morgan fingerprint density at radius 1 is 1.33 bits per heavy atom. The summed E-state index contributed by atoms with van der Waals surface area (Å²) in [5.41, 5.74) is -0.131. The molecule has 1 fully saturated rings. The zero-order valence-electron chi connectivity index (χ0n) is 12.7. The van der Waals surface area contributed by atoms with Gasteiger partial charge in [0, 0.05) is 19.1 Å². The van der Waals surface area contributed by atoms with E-state index in [-0.39, 0.29) is 11.4 Å². The van der Waals surface area contributed by atoms with Crippen LogP contribution in [0.1, 0.15) is 6.92 Å².